The number of thioether (sulfide) groups is 1. The van der Waals surface area contributed by atoms with Crippen LogP contribution in [0, 0.1) is 0 Å². The molecule has 0 saturated carbocycles. The number of hydrogen-bond donors (Lipinski definition) is 1. The molecule has 0 bridgehead atoms. The molecule has 2 N–H and O–H groups in total. The highest BCUT2D eigenvalue weighted by Gasteiger charge is 2.28. The molecule has 1 rings (SSSR count). The summed E-state index contributed by atoms with van der Waals surface area (Å²) in [5, 5.41) is 0.953. The minimum absolute atomic E-state index is 0.369. The third-order valence-electron chi connectivity index (χ3n) is 2.46. The maximum Gasteiger partial charge on any atom is 0.325 e. The molecule has 18 heavy (non-hydrogen) atoms. The molecule has 0 aliphatic heterocycles. The number of carbonyl (C=O) groups is 1. The summed E-state index contributed by atoms with van der Waals surface area (Å²) in [7, 11) is 1.35. The molecule has 0 amide bonds. The van der Waals surface area contributed by atoms with E-state index in [1.807, 2.05) is 12.1 Å². The molecule has 1 aromatic rings. The van der Waals surface area contributed by atoms with Gasteiger partial charge in [-0.05, 0) is 53.6 Å². The van der Waals surface area contributed by atoms with Crippen LogP contribution in [0.3, 0.4) is 0 Å². The van der Waals surface area contributed by atoms with E-state index in [2.05, 4.69) is 25.7 Å². The fourth-order valence-corrected chi connectivity index (χ4v) is 2.84. The zero-order valence-electron chi connectivity index (χ0n) is 10.5. The van der Waals surface area contributed by atoms with Crippen molar-refractivity contribution >= 4 is 33.7 Å². The average molecular weight is 333 g/mol. The first-order valence-electron chi connectivity index (χ1n) is 5.58. The van der Waals surface area contributed by atoms with Gasteiger partial charge in [-0.3, -0.25) is 4.79 Å². The van der Waals surface area contributed by atoms with Crippen molar-refractivity contribution in [3.8, 4) is 0 Å². The summed E-state index contributed by atoms with van der Waals surface area (Å²) in [4.78, 5) is 15.6. The number of methoxy groups -OCH3 is 1. The van der Waals surface area contributed by atoms with Crippen LogP contribution in [0.15, 0.2) is 27.8 Å². The second-order valence-electron chi connectivity index (χ2n) is 4.15. The van der Waals surface area contributed by atoms with Gasteiger partial charge in [-0.1, -0.05) is 0 Å². The number of carbonyl (C=O) groups excluding carboxylic acids is 1. The number of halogens is 1. The van der Waals surface area contributed by atoms with Crippen LogP contribution in [0.1, 0.15) is 19.8 Å². The number of nitrogens with two attached hydrogens (primary N) is 1. The van der Waals surface area contributed by atoms with Gasteiger partial charge in [0.1, 0.15) is 10.6 Å². The second kappa shape index (κ2) is 7.11. The molecule has 0 spiro atoms. The van der Waals surface area contributed by atoms with Crippen molar-refractivity contribution in [3.63, 3.8) is 0 Å². The molecular weight excluding hydrogens is 316 g/mol. The first-order chi connectivity index (χ1) is 8.47. The lowest BCUT2D eigenvalue weighted by molar-refractivity contribution is -0.146. The lowest BCUT2D eigenvalue weighted by Gasteiger charge is -2.20. The smallest absolute Gasteiger partial charge is 0.325 e. The third-order valence-corrected chi connectivity index (χ3v) is 4.45. The summed E-state index contributed by atoms with van der Waals surface area (Å²) >= 11 is 5.08. The van der Waals surface area contributed by atoms with Crippen molar-refractivity contribution in [3.05, 3.63) is 22.8 Å². The lowest BCUT2D eigenvalue weighted by Crippen LogP contribution is -2.45. The fraction of sp³-hybridized carbons (Fsp3) is 0.500. The molecule has 1 unspecified atom stereocenters. The van der Waals surface area contributed by atoms with Gasteiger partial charge in [0.15, 0.2) is 0 Å². The molecular formula is C12H17BrN2O2S. The van der Waals surface area contributed by atoms with Crippen molar-refractivity contribution in [2.45, 2.75) is 30.3 Å². The van der Waals surface area contributed by atoms with E-state index in [0.717, 1.165) is 21.7 Å². The highest BCUT2D eigenvalue weighted by atomic mass is 79.9. The van der Waals surface area contributed by atoms with Crippen molar-refractivity contribution < 1.29 is 9.53 Å². The highest BCUT2D eigenvalue weighted by molar-refractivity contribution is 9.10. The largest absolute Gasteiger partial charge is 0.468 e. The van der Waals surface area contributed by atoms with Gasteiger partial charge in [0.2, 0.25) is 0 Å². The van der Waals surface area contributed by atoms with Crippen LogP contribution >= 0.6 is 27.7 Å². The topological polar surface area (TPSA) is 65.2 Å². The Hall–Kier alpha value is -0.590. The predicted octanol–water partition coefficient (Wildman–Crippen LogP) is 2.61. The summed E-state index contributed by atoms with van der Waals surface area (Å²) < 4.78 is 5.64. The molecule has 0 aromatic carbocycles. The van der Waals surface area contributed by atoms with E-state index >= 15 is 0 Å². The predicted molar refractivity (Wildman–Crippen MR) is 76.5 cm³/mol. The van der Waals surface area contributed by atoms with Crippen molar-refractivity contribution in [1.29, 1.82) is 0 Å². The molecule has 1 aromatic heterocycles. The normalized spacial score (nSPS) is 14.0. The van der Waals surface area contributed by atoms with Crippen LogP contribution in [0.25, 0.3) is 0 Å². The lowest BCUT2D eigenvalue weighted by atomic mass is 9.98. The van der Waals surface area contributed by atoms with E-state index in [1.54, 1.807) is 24.9 Å². The Bertz CT molecular complexity index is 413. The maximum absolute atomic E-state index is 11.4. The average Bonchev–Trinajstić information content (AvgIpc) is 2.35. The molecule has 0 fully saturated rings. The molecule has 1 heterocycles. The number of rotatable bonds is 6. The Kier molecular flexibility index (Phi) is 6.11. The molecule has 6 heteroatoms. The molecule has 0 saturated heterocycles. The van der Waals surface area contributed by atoms with Gasteiger partial charge in [-0.15, -0.1) is 11.8 Å². The van der Waals surface area contributed by atoms with Crippen LogP contribution in [0.2, 0.25) is 0 Å². The molecule has 0 aliphatic rings. The van der Waals surface area contributed by atoms with Crippen molar-refractivity contribution in [2.75, 3.05) is 12.9 Å². The summed E-state index contributed by atoms with van der Waals surface area (Å²) in [6, 6.07) is 3.83. The van der Waals surface area contributed by atoms with Crippen LogP contribution in [-0.4, -0.2) is 29.4 Å². The van der Waals surface area contributed by atoms with Crippen LogP contribution < -0.4 is 5.73 Å². The number of esters is 1. The SMILES string of the molecule is COC(=O)C(C)(N)CCCSc1ncccc1Br. The third kappa shape index (κ3) is 4.59. The zero-order valence-corrected chi connectivity index (χ0v) is 12.9. The van der Waals surface area contributed by atoms with Crippen LogP contribution in [0.4, 0.5) is 0 Å². The quantitative estimate of drug-likeness (QED) is 0.492. The summed E-state index contributed by atoms with van der Waals surface area (Å²) in [6.45, 7) is 1.69. The number of aromatic nitrogens is 1. The van der Waals surface area contributed by atoms with Crippen LogP contribution in [0.5, 0.6) is 0 Å². The van der Waals surface area contributed by atoms with Gasteiger partial charge in [-0.2, -0.15) is 0 Å². The second-order valence-corrected chi connectivity index (χ2v) is 6.09. The number of ether oxygens (including phenoxy) is 1. The number of pyridine rings is 1. The Labute approximate surface area is 120 Å². The van der Waals surface area contributed by atoms with E-state index in [-0.39, 0.29) is 5.97 Å². The van der Waals surface area contributed by atoms with E-state index in [0.29, 0.717) is 6.42 Å². The van der Waals surface area contributed by atoms with Gasteiger partial charge in [-0.25, -0.2) is 4.98 Å². The molecule has 0 aliphatic carbocycles. The van der Waals surface area contributed by atoms with Gasteiger partial charge in [0.25, 0.3) is 0 Å². The van der Waals surface area contributed by atoms with Crippen molar-refractivity contribution in [2.24, 2.45) is 5.73 Å². The first kappa shape index (κ1) is 15.5. The maximum atomic E-state index is 11.4. The van der Waals surface area contributed by atoms with Gasteiger partial charge in [0.05, 0.1) is 7.11 Å². The fourth-order valence-electron chi connectivity index (χ4n) is 1.42. The summed E-state index contributed by atoms with van der Waals surface area (Å²) in [5.74, 6) is 0.492. The molecule has 100 valence electrons. The van der Waals surface area contributed by atoms with E-state index in [1.165, 1.54) is 7.11 Å². The van der Waals surface area contributed by atoms with E-state index in [4.69, 9.17) is 5.73 Å². The van der Waals surface area contributed by atoms with E-state index < -0.39 is 5.54 Å². The monoisotopic (exact) mass is 332 g/mol. The zero-order chi connectivity index (χ0) is 13.6. The molecule has 1 atom stereocenters. The van der Waals surface area contributed by atoms with Crippen LogP contribution in [-0.2, 0) is 9.53 Å². The summed E-state index contributed by atoms with van der Waals surface area (Å²) in [6.07, 6.45) is 3.18. The Balaban J connectivity index is 2.35. The molecule has 0 radical (unpaired) electrons. The van der Waals surface area contributed by atoms with E-state index in [9.17, 15) is 4.79 Å². The standard InChI is InChI=1S/C12H17BrN2O2S/c1-12(14,11(16)17-2)6-4-8-18-10-9(13)5-3-7-15-10/h3,5,7H,4,6,8,14H2,1-2H3. The highest BCUT2D eigenvalue weighted by Crippen LogP contribution is 2.26. The Morgan fingerprint density at radius 2 is 2.39 bits per heavy atom. The minimum Gasteiger partial charge on any atom is -0.468 e. The molecule has 4 nitrogen and oxygen atoms in total. The minimum atomic E-state index is -0.906. The van der Waals surface area contributed by atoms with Crippen molar-refractivity contribution in [1.82, 2.24) is 4.98 Å². The van der Waals surface area contributed by atoms with Gasteiger partial charge in [0, 0.05) is 10.7 Å². The number of nitrogens with zero attached hydrogens (tertiary/aromatic N) is 1. The van der Waals surface area contributed by atoms with Gasteiger partial charge < -0.3 is 10.5 Å². The summed E-state index contributed by atoms with van der Waals surface area (Å²) in [5.41, 5.74) is 4.97. The first-order valence-corrected chi connectivity index (χ1v) is 7.36. The Morgan fingerprint density at radius 1 is 1.67 bits per heavy atom. The van der Waals surface area contributed by atoms with Gasteiger partial charge >= 0.3 is 5.97 Å². The Morgan fingerprint density at radius 3 is 3.00 bits per heavy atom. The number of hydrogen-bond acceptors (Lipinski definition) is 5.